The van der Waals surface area contributed by atoms with Gasteiger partial charge in [0.15, 0.2) is 0 Å². The Morgan fingerprint density at radius 2 is 2.06 bits per heavy atom. The van der Waals surface area contributed by atoms with Crippen LogP contribution in [0.5, 0.6) is 5.75 Å². The standard InChI is InChI=1S/C25H26ClN3O3/c1-32-23-10-9-20(26)14-22(23)28-24(30)11-8-17-5-4-12-29(16-17)25(31)19-13-18-6-2-3-7-21(18)27-15-19/h2-3,6-7,9-10,13-15,17H,4-5,8,11-12,16H2,1H3,(H,28,30)/t17-/m1/s1. The Morgan fingerprint density at radius 3 is 2.91 bits per heavy atom. The molecule has 2 heterocycles. The van der Waals surface area contributed by atoms with E-state index in [1.54, 1.807) is 31.5 Å². The van der Waals surface area contributed by atoms with Crippen LogP contribution in [0.4, 0.5) is 5.69 Å². The fourth-order valence-corrected chi connectivity index (χ4v) is 4.35. The third kappa shape index (κ3) is 5.19. The minimum atomic E-state index is -0.0901. The van der Waals surface area contributed by atoms with E-state index in [0.717, 1.165) is 30.3 Å². The Labute approximate surface area is 192 Å². The number of piperidine rings is 1. The van der Waals surface area contributed by atoms with E-state index in [4.69, 9.17) is 16.3 Å². The van der Waals surface area contributed by atoms with Gasteiger partial charge in [-0.2, -0.15) is 0 Å². The lowest BCUT2D eigenvalue weighted by Gasteiger charge is -2.32. The van der Waals surface area contributed by atoms with Crippen LogP contribution >= 0.6 is 11.6 Å². The second-order valence-electron chi connectivity index (χ2n) is 8.11. The number of carbonyl (C=O) groups excluding carboxylic acids is 2. The lowest BCUT2D eigenvalue weighted by molar-refractivity contribution is -0.116. The van der Waals surface area contributed by atoms with Crippen molar-refractivity contribution in [3.05, 3.63) is 65.3 Å². The number of hydrogen-bond acceptors (Lipinski definition) is 4. The third-order valence-electron chi connectivity index (χ3n) is 5.86. The van der Waals surface area contributed by atoms with Crippen LogP contribution in [-0.4, -0.2) is 41.9 Å². The first-order chi connectivity index (χ1) is 15.5. The van der Waals surface area contributed by atoms with Crippen LogP contribution < -0.4 is 10.1 Å². The number of benzene rings is 2. The number of anilines is 1. The molecule has 3 aromatic rings. The summed E-state index contributed by atoms with van der Waals surface area (Å²) in [5.74, 6) is 0.767. The Kier molecular flexibility index (Phi) is 6.90. The summed E-state index contributed by atoms with van der Waals surface area (Å²) in [6.07, 6.45) is 4.68. The molecule has 1 saturated heterocycles. The minimum absolute atomic E-state index is 0.000989. The van der Waals surface area contributed by atoms with Crippen molar-refractivity contribution in [3.63, 3.8) is 0 Å². The quantitative estimate of drug-likeness (QED) is 0.561. The molecule has 0 radical (unpaired) electrons. The number of aromatic nitrogens is 1. The van der Waals surface area contributed by atoms with Crippen molar-refractivity contribution in [3.8, 4) is 5.75 Å². The number of methoxy groups -OCH3 is 1. The highest BCUT2D eigenvalue weighted by molar-refractivity contribution is 6.31. The molecule has 32 heavy (non-hydrogen) atoms. The minimum Gasteiger partial charge on any atom is -0.495 e. The van der Waals surface area contributed by atoms with Gasteiger partial charge in [-0.15, -0.1) is 0 Å². The van der Waals surface area contributed by atoms with Gasteiger partial charge in [-0.05, 0) is 55.5 Å². The molecule has 2 aromatic carbocycles. The number of hydrogen-bond donors (Lipinski definition) is 1. The van der Waals surface area contributed by atoms with Crippen molar-refractivity contribution in [2.24, 2.45) is 5.92 Å². The zero-order valence-electron chi connectivity index (χ0n) is 18.0. The molecule has 1 fully saturated rings. The summed E-state index contributed by atoms with van der Waals surface area (Å²) < 4.78 is 5.28. The predicted molar refractivity (Wildman–Crippen MR) is 126 cm³/mol. The summed E-state index contributed by atoms with van der Waals surface area (Å²) in [4.78, 5) is 31.9. The van der Waals surface area contributed by atoms with Crippen molar-refractivity contribution < 1.29 is 14.3 Å². The topological polar surface area (TPSA) is 71.5 Å². The van der Waals surface area contributed by atoms with E-state index in [1.165, 1.54) is 0 Å². The third-order valence-corrected chi connectivity index (χ3v) is 6.09. The number of ether oxygens (including phenoxy) is 1. The highest BCUT2D eigenvalue weighted by Gasteiger charge is 2.25. The molecule has 0 aliphatic carbocycles. The molecule has 1 N–H and O–H groups in total. The van der Waals surface area contributed by atoms with Gasteiger partial charge in [0.25, 0.3) is 5.91 Å². The molecular formula is C25H26ClN3O3. The van der Waals surface area contributed by atoms with Crippen LogP contribution in [0.1, 0.15) is 36.0 Å². The van der Waals surface area contributed by atoms with E-state index in [0.29, 0.717) is 41.4 Å². The van der Waals surface area contributed by atoms with Crippen LogP contribution in [0.25, 0.3) is 10.9 Å². The Hall–Kier alpha value is -3.12. The highest BCUT2D eigenvalue weighted by atomic mass is 35.5. The van der Waals surface area contributed by atoms with Crippen LogP contribution in [-0.2, 0) is 4.79 Å². The number of nitrogens with zero attached hydrogens (tertiary/aromatic N) is 2. The number of amides is 2. The number of rotatable bonds is 6. The number of pyridine rings is 1. The van der Waals surface area contributed by atoms with Gasteiger partial charge in [0.05, 0.1) is 23.9 Å². The van der Waals surface area contributed by atoms with Crippen LogP contribution in [0.15, 0.2) is 54.7 Å². The van der Waals surface area contributed by atoms with E-state index in [1.807, 2.05) is 35.2 Å². The maximum atomic E-state index is 13.1. The van der Waals surface area contributed by atoms with Crippen molar-refractivity contribution in [1.29, 1.82) is 0 Å². The molecule has 4 rings (SSSR count). The lowest BCUT2D eigenvalue weighted by Crippen LogP contribution is -2.40. The number of nitrogens with one attached hydrogen (secondary N) is 1. The molecule has 1 atom stereocenters. The summed E-state index contributed by atoms with van der Waals surface area (Å²) in [6.45, 7) is 1.38. The van der Waals surface area contributed by atoms with Crippen molar-refractivity contribution in [1.82, 2.24) is 9.88 Å². The zero-order chi connectivity index (χ0) is 22.5. The van der Waals surface area contributed by atoms with Crippen molar-refractivity contribution in [2.75, 3.05) is 25.5 Å². The molecule has 6 nitrogen and oxygen atoms in total. The monoisotopic (exact) mass is 451 g/mol. The molecule has 0 saturated carbocycles. The molecule has 0 unspecified atom stereocenters. The average molecular weight is 452 g/mol. The van der Waals surface area contributed by atoms with Crippen LogP contribution in [0, 0.1) is 5.92 Å². The van der Waals surface area contributed by atoms with Crippen LogP contribution in [0.2, 0.25) is 5.02 Å². The zero-order valence-corrected chi connectivity index (χ0v) is 18.8. The van der Waals surface area contributed by atoms with E-state index < -0.39 is 0 Å². The van der Waals surface area contributed by atoms with Gasteiger partial charge in [0.2, 0.25) is 5.91 Å². The van der Waals surface area contributed by atoms with Crippen molar-refractivity contribution in [2.45, 2.75) is 25.7 Å². The van der Waals surface area contributed by atoms with Gasteiger partial charge >= 0.3 is 0 Å². The Bertz CT molecular complexity index is 1130. The summed E-state index contributed by atoms with van der Waals surface area (Å²) in [5.41, 5.74) is 2.05. The fourth-order valence-electron chi connectivity index (χ4n) is 4.18. The first-order valence-electron chi connectivity index (χ1n) is 10.8. The maximum Gasteiger partial charge on any atom is 0.255 e. The fraction of sp³-hybridized carbons (Fsp3) is 0.320. The molecule has 1 aliphatic rings. The normalized spacial score (nSPS) is 16.1. The molecule has 0 bridgehead atoms. The first-order valence-corrected chi connectivity index (χ1v) is 11.2. The molecule has 1 aromatic heterocycles. The predicted octanol–water partition coefficient (Wildman–Crippen LogP) is 5.17. The summed E-state index contributed by atoms with van der Waals surface area (Å²) >= 11 is 6.04. The summed E-state index contributed by atoms with van der Waals surface area (Å²) in [5, 5.41) is 4.37. The molecule has 166 valence electrons. The Morgan fingerprint density at radius 1 is 1.22 bits per heavy atom. The summed E-state index contributed by atoms with van der Waals surface area (Å²) in [7, 11) is 1.55. The van der Waals surface area contributed by atoms with Gasteiger partial charge in [-0.1, -0.05) is 29.8 Å². The Balaban J connectivity index is 1.34. The highest BCUT2D eigenvalue weighted by Crippen LogP contribution is 2.28. The van der Waals surface area contributed by atoms with Gasteiger partial charge in [0, 0.05) is 36.1 Å². The number of para-hydroxylation sites is 1. The smallest absolute Gasteiger partial charge is 0.255 e. The van der Waals surface area contributed by atoms with Gasteiger partial charge in [-0.25, -0.2) is 0 Å². The van der Waals surface area contributed by atoms with E-state index in [2.05, 4.69) is 10.3 Å². The van der Waals surface area contributed by atoms with Crippen molar-refractivity contribution >= 4 is 40.0 Å². The second kappa shape index (κ2) is 10.0. The lowest BCUT2D eigenvalue weighted by atomic mass is 9.92. The van der Waals surface area contributed by atoms with Crippen LogP contribution in [0.3, 0.4) is 0 Å². The van der Waals surface area contributed by atoms with Gasteiger partial charge < -0.3 is 15.0 Å². The number of halogens is 1. The molecular weight excluding hydrogens is 426 g/mol. The van der Waals surface area contributed by atoms with Gasteiger partial charge in [0.1, 0.15) is 5.75 Å². The number of fused-ring (bicyclic) bond motifs is 1. The first kappa shape index (κ1) is 22.1. The maximum absolute atomic E-state index is 13.1. The van der Waals surface area contributed by atoms with E-state index >= 15 is 0 Å². The molecule has 2 amide bonds. The van der Waals surface area contributed by atoms with Gasteiger partial charge in [-0.3, -0.25) is 14.6 Å². The number of carbonyl (C=O) groups is 2. The molecule has 0 spiro atoms. The molecule has 7 heteroatoms. The largest absolute Gasteiger partial charge is 0.495 e. The second-order valence-corrected chi connectivity index (χ2v) is 8.54. The average Bonchev–Trinajstić information content (AvgIpc) is 2.82. The van der Waals surface area contributed by atoms with E-state index in [-0.39, 0.29) is 17.7 Å². The SMILES string of the molecule is COc1ccc(Cl)cc1NC(=O)CC[C@H]1CCCN(C(=O)c2cnc3ccccc3c2)C1. The van der Waals surface area contributed by atoms with E-state index in [9.17, 15) is 9.59 Å². The summed E-state index contributed by atoms with van der Waals surface area (Å²) in [6, 6.07) is 14.8. The molecule has 1 aliphatic heterocycles. The number of likely N-dealkylation sites (tertiary alicyclic amines) is 1.